The van der Waals surface area contributed by atoms with Crippen LogP contribution in [0.2, 0.25) is 0 Å². The maximum absolute atomic E-state index is 6.48. The highest BCUT2D eigenvalue weighted by molar-refractivity contribution is 6.21. The van der Waals surface area contributed by atoms with E-state index in [2.05, 4.69) is 60.8 Å². The Morgan fingerprint density at radius 3 is 2.84 bits per heavy atom. The summed E-state index contributed by atoms with van der Waals surface area (Å²) in [5.41, 5.74) is 5.35. The van der Waals surface area contributed by atoms with Crippen LogP contribution in [0, 0.1) is 6.92 Å². The second kappa shape index (κ2) is 5.36. The van der Waals surface area contributed by atoms with Crippen LogP contribution in [-0.2, 0) is 13.0 Å². The SMILES string of the molecule is Cc1cccc(CNC2c3ccccc3CC2Cl)c1. The first-order valence-electron chi connectivity index (χ1n) is 6.75. The number of fused-ring (bicyclic) bond motifs is 1. The van der Waals surface area contributed by atoms with E-state index < -0.39 is 0 Å². The molecule has 0 radical (unpaired) electrons. The number of nitrogens with one attached hydrogen (secondary N) is 1. The molecule has 2 aromatic rings. The zero-order chi connectivity index (χ0) is 13.2. The van der Waals surface area contributed by atoms with Crippen LogP contribution in [0.4, 0.5) is 0 Å². The van der Waals surface area contributed by atoms with Crippen molar-refractivity contribution < 1.29 is 0 Å². The zero-order valence-corrected chi connectivity index (χ0v) is 11.8. The molecule has 19 heavy (non-hydrogen) atoms. The maximum atomic E-state index is 6.48. The average Bonchev–Trinajstić information content (AvgIpc) is 2.72. The van der Waals surface area contributed by atoms with Crippen LogP contribution in [0.15, 0.2) is 48.5 Å². The number of benzene rings is 2. The fourth-order valence-electron chi connectivity index (χ4n) is 2.83. The van der Waals surface area contributed by atoms with Crippen molar-refractivity contribution in [2.45, 2.75) is 31.3 Å². The number of hydrogen-bond acceptors (Lipinski definition) is 1. The lowest BCUT2D eigenvalue weighted by Gasteiger charge is -2.17. The van der Waals surface area contributed by atoms with E-state index in [1.807, 2.05) is 0 Å². The first kappa shape index (κ1) is 12.7. The van der Waals surface area contributed by atoms with Gasteiger partial charge in [-0.1, -0.05) is 54.1 Å². The second-order valence-electron chi connectivity index (χ2n) is 5.27. The predicted molar refractivity (Wildman–Crippen MR) is 80.5 cm³/mol. The Bertz CT molecular complexity index is 579. The molecule has 0 aromatic heterocycles. The standard InChI is InChI=1S/C17H18ClN/c1-12-5-4-6-13(9-12)11-19-17-15-8-3-2-7-14(15)10-16(17)18/h2-9,16-17,19H,10-11H2,1H3. The topological polar surface area (TPSA) is 12.0 Å². The van der Waals surface area contributed by atoms with Crippen LogP contribution in [0.25, 0.3) is 0 Å². The fraction of sp³-hybridized carbons (Fsp3) is 0.294. The predicted octanol–water partition coefficient (Wildman–Crippen LogP) is 3.99. The number of rotatable bonds is 3. The number of hydrogen-bond donors (Lipinski definition) is 1. The number of halogens is 1. The van der Waals surface area contributed by atoms with Crippen molar-refractivity contribution in [3.05, 3.63) is 70.8 Å². The van der Waals surface area contributed by atoms with Crippen LogP contribution in [-0.4, -0.2) is 5.38 Å². The van der Waals surface area contributed by atoms with E-state index in [-0.39, 0.29) is 11.4 Å². The lowest BCUT2D eigenvalue weighted by atomic mass is 10.1. The van der Waals surface area contributed by atoms with Gasteiger partial charge in [0, 0.05) is 12.6 Å². The summed E-state index contributed by atoms with van der Waals surface area (Å²) in [5, 5.41) is 3.75. The molecule has 0 bridgehead atoms. The molecule has 0 saturated carbocycles. The molecule has 2 heteroatoms. The summed E-state index contributed by atoms with van der Waals surface area (Å²) in [6.45, 7) is 2.99. The quantitative estimate of drug-likeness (QED) is 0.833. The summed E-state index contributed by atoms with van der Waals surface area (Å²) in [5.74, 6) is 0. The zero-order valence-electron chi connectivity index (χ0n) is 11.1. The van der Waals surface area contributed by atoms with Crippen molar-refractivity contribution in [2.24, 2.45) is 0 Å². The van der Waals surface area contributed by atoms with Crippen LogP contribution in [0.3, 0.4) is 0 Å². The Labute approximate surface area is 119 Å². The third-order valence-electron chi connectivity index (χ3n) is 3.78. The van der Waals surface area contributed by atoms with Crippen molar-refractivity contribution in [1.82, 2.24) is 5.32 Å². The molecule has 2 unspecified atom stereocenters. The van der Waals surface area contributed by atoms with Crippen molar-refractivity contribution in [3.8, 4) is 0 Å². The van der Waals surface area contributed by atoms with Gasteiger partial charge in [0.2, 0.25) is 0 Å². The Balaban J connectivity index is 1.74. The Morgan fingerprint density at radius 2 is 2.00 bits per heavy atom. The van der Waals surface area contributed by atoms with Crippen LogP contribution >= 0.6 is 11.6 Å². The molecule has 0 fully saturated rings. The van der Waals surface area contributed by atoms with Crippen LogP contribution in [0.5, 0.6) is 0 Å². The molecule has 2 aromatic carbocycles. The molecule has 1 aliphatic carbocycles. The van der Waals surface area contributed by atoms with Gasteiger partial charge in [-0.3, -0.25) is 0 Å². The van der Waals surface area contributed by atoms with Gasteiger partial charge < -0.3 is 5.32 Å². The van der Waals surface area contributed by atoms with Gasteiger partial charge in [-0.2, -0.15) is 0 Å². The molecule has 0 spiro atoms. The highest BCUT2D eigenvalue weighted by atomic mass is 35.5. The molecular formula is C17H18ClN. The number of aryl methyl sites for hydroxylation is 1. The Kier molecular flexibility index (Phi) is 3.58. The molecule has 2 atom stereocenters. The molecule has 1 aliphatic rings. The molecule has 98 valence electrons. The first-order valence-corrected chi connectivity index (χ1v) is 7.18. The van der Waals surface area contributed by atoms with Gasteiger partial charge in [0.25, 0.3) is 0 Å². The van der Waals surface area contributed by atoms with Gasteiger partial charge >= 0.3 is 0 Å². The van der Waals surface area contributed by atoms with Crippen LogP contribution in [0.1, 0.15) is 28.3 Å². The van der Waals surface area contributed by atoms with Gasteiger partial charge in [0.05, 0.1) is 5.38 Å². The Morgan fingerprint density at radius 1 is 1.16 bits per heavy atom. The smallest absolute Gasteiger partial charge is 0.0571 e. The monoisotopic (exact) mass is 271 g/mol. The fourth-order valence-corrected chi connectivity index (χ4v) is 3.23. The summed E-state index contributed by atoms with van der Waals surface area (Å²) in [7, 11) is 0. The lowest BCUT2D eigenvalue weighted by Crippen LogP contribution is -2.25. The summed E-state index contributed by atoms with van der Waals surface area (Å²) >= 11 is 6.48. The number of alkyl halides is 1. The molecule has 1 nitrogen and oxygen atoms in total. The molecule has 0 saturated heterocycles. The minimum absolute atomic E-state index is 0.155. The summed E-state index contributed by atoms with van der Waals surface area (Å²) in [4.78, 5) is 0. The highest BCUT2D eigenvalue weighted by Crippen LogP contribution is 2.34. The third kappa shape index (κ3) is 2.68. The van der Waals surface area contributed by atoms with E-state index >= 15 is 0 Å². The normalized spacial score (nSPS) is 21.4. The molecule has 0 aliphatic heterocycles. The third-order valence-corrected chi connectivity index (χ3v) is 4.18. The highest BCUT2D eigenvalue weighted by Gasteiger charge is 2.29. The first-order chi connectivity index (χ1) is 9.24. The average molecular weight is 272 g/mol. The van der Waals surface area contributed by atoms with Crippen molar-refractivity contribution >= 4 is 11.6 Å². The molecule has 3 rings (SSSR count). The summed E-state index contributed by atoms with van der Waals surface area (Å²) in [6, 6.07) is 17.4. The van der Waals surface area contributed by atoms with E-state index in [9.17, 15) is 0 Å². The molecule has 0 heterocycles. The Hall–Kier alpha value is -1.31. The van der Waals surface area contributed by atoms with Gasteiger partial charge in [-0.15, -0.1) is 11.6 Å². The summed E-state index contributed by atoms with van der Waals surface area (Å²) < 4.78 is 0. The summed E-state index contributed by atoms with van der Waals surface area (Å²) in [6.07, 6.45) is 0.962. The lowest BCUT2D eigenvalue weighted by molar-refractivity contribution is 0.536. The van der Waals surface area contributed by atoms with E-state index in [1.54, 1.807) is 0 Å². The molecular weight excluding hydrogens is 254 g/mol. The van der Waals surface area contributed by atoms with Crippen molar-refractivity contribution in [1.29, 1.82) is 0 Å². The largest absolute Gasteiger partial charge is 0.305 e. The van der Waals surface area contributed by atoms with Gasteiger partial charge in [-0.25, -0.2) is 0 Å². The minimum Gasteiger partial charge on any atom is -0.305 e. The minimum atomic E-state index is 0.155. The van der Waals surface area contributed by atoms with Crippen LogP contribution < -0.4 is 5.32 Å². The van der Waals surface area contributed by atoms with Gasteiger partial charge in [-0.05, 0) is 30.0 Å². The van der Waals surface area contributed by atoms with Gasteiger partial charge in [0.1, 0.15) is 0 Å². The molecule has 0 amide bonds. The van der Waals surface area contributed by atoms with Crippen molar-refractivity contribution in [2.75, 3.05) is 0 Å². The van der Waals surface area contributed by atoms with Gasteiger partial charge in [0.15, 0.2) is 0 Å². The van der Waals surface area contributed by atoms with E-state index in [1.165, 1.54) is 22.3 Å². The molecule has 1 N–H and O–H groups in total. The van der Waals surface area contributed by atoms with Crippen molar-refractivity contribution in [3.63, 3.8) is 0 Å². The van der Waals surface area contributed by atoms with E-state index in [0.717, 1.165) is 13.0 Å². The second-order valence-corrected chi connectivity index (χ2v) is 5.83. The van der Waals surface area contributed by atoms with E-state index in [4.69, 9.17) is 11.6 Å². The maximum Gasteiger partial charge on any atom is 0.0571 e. The van der Waals surface area contributed by atoms with E-state index in [0.29, 0.717) is 0 Å².